The summed E-state index contributed by atoms with van der Waals surface area (Å²) in [5.74, 6) is 0. The number of pyridine rings is 2. The zero-order valence-electron chi connectivity index (χ0n) is 10.3. The summed E-state index contributed by atoms with van der Waals surface area (Å²) in [5.41, 5.74) is 4.59. The molecular weight excluding hydrogens is 220 g/mol. The van der Waals surface area contributed by atoms with Gasteiger partial charge in [-0.15, -0.1) is 0 Å². The first-order chi connectivity index (χ1) is 8.88. The van der Waals surface area contributed by atoms with E-state index in [2.05, 4.69) is 47.2 Å². The Morgan fingerprint density at radius 1 is 0.944 bits per heavy atom. The van der Waals surface area contributed by atoms with Crippen LogP contribution in [0.25, 0.3) is 22.0 Å². The van der Waals surface area contributed by atoms with Crippen LogP contribution in [0.3, 0.4) is 0 Å². The first kappa shape index (κ1) is 10.9. The minimum Gasteiger partial charge on any atom is -0.261 e. The van der Waals surface area contributed by atoms with Gasteiger partial charge >= 0.3 is 0 Å². The van der Waals surface area contributed by atoms with Crippen molar-refractivity contribution in [1.82, 2.24) is 9.97 Å². The molecule has 2 heteroatoms. The zero-order chi connectivity index (χ0) is 12.4. The van der Waals surface area contributed by atoms with Gasteiger partial charge in [-0.05, 0) is 36.2 Å². The lowest BCUT2D eigenvalue weighted by molar-refractivity contribution is 1.04. The van der Waals surface area contributed by atoms with Crippen LogP contribution in [-0.2, 0) is 6.42 Å². The molecule has 0 saturated heterocycles. The predicted octanol–water partition coefficient (Wildman–Crippen LogP) is 3.86. The number of hydrogen-bond donors (Lipinski definition) is 0. The molecule has 0 saturated carbocycles. The second kappa shape index (κ2) is 4.57. The normalized spacial score (nSPS) is 10.7. The van der Waals surface area contributed by atoms with Crippen molar-refractivity contribution >= 4 is 10.9 Å². The number of aryl methyl sites for hydroxylation is 1. The van der Waals surface area contributed by atoms with E-state index in [4.69, 9.17) is 0 Å². The third-order valence-corrected chi connectivity index (χ3v) is 3.14. The van der Waals surface area contributed by atoms with Crippen molar-refractivity contribution < 1.29 is 0 Å². The summed E-state index contributed by atoms with van der Waals surface area (Å²) in [5, 5.41) is 1.17. The maximum atomic E-state index is 4.44. The van der Waals surface area contributed by atoms with Crippen LogP contribution in [0, 0.1) is 0 Å². The van der Waals surface area contributed by atoms with E-state index in [0.29, 0.717) is 0 Å². The number of rotatable bonds is 2. The molecule has 0 atom stereocenters. The van der Waals surface area contributed by atoms with Gasteiger partial charge in [-0.1, -0.05) is 25.1 Å². The fourth-order valence-electron chi connectivity index (χ4n) is 2.23. The van der Waals surface area contributed by atoms with Gasteiger partial charge in [0, 0.05) is 29.0 Å². The highest BCUT2D eigenvalue weighted by Crippen LogP contribution is 2.25. The van der Waals surface area contributed by atoms with Gasteiger partial charge in [0.2, 0.25) is 0 Å². The van der Waals surface area contributed by atoms with Crippen LogP contribution >= 0.6 is 0 Å². The molecular formula is C16H14N2. The molecule has 1 aromatic carbocycles. The van der Waals surface area contributed by atoms with E-state index in [9.17, 15) is 0 Å². The standard InChI is InChI=1S/C16H14N2/c1-2-15-14(6-4-10-17-15)12-7-8-16-13(11-12)5-3-9-18-16/h3-11H,2H2,1H3. The molecule has 0 aliphatic heterocycles. The van der Waals surface area contributed by atoms with Crippen LogP contribution < -0.4 is 0 Å². The lowest BCUT2D eigenvalue weighted by atomic mass is 10.0. The first-order valence-electron chi connectivity index (χ1n) is 6.17. The molecule has 3 aromatic rings. The fourth-order valence-corrected chi connectivity index (χ4v) is 2.23. The van der Waals surface area contributed by atoms with Crippen molar-refractivity contribution in [3.8, 4) is 11.1 Å². The van der Waals surface area contributed by atoms with Crippen LogP contribution in [0.2, 0.25) is 0 Å². The van der Waals surface area contributed by atoms with Crippen molar-refractivity contribution in [3.05, 3.63) is 60.6 Å². The summed E-state index contributed by atoms with van der Waals surface area (Å²) in [4.78, 5) is 8.78. The summed E-state index contributed by atoms with van der Waals surface area (Å²) in [6, 6.07) is 14.5. The zero-order valence-corrected chi connectivity index (χ0v) is 10.3. The number of nitrogens with zero attached hydrogens (tertiary/aromatic N) is 2. The van der Waals surface area contributed by atoms with Gasteiger partial charge in [0.05, 0.1) is 5.52 Å². The Balaban J connectivity index is 2.19. The molecule has 0 amide bonds. The fraction of sp³-hybridized carbons (Fsp3) is 0.125. The Morgan fingerprint density at radius 3 is 2.67 bits per heavy atom. The van der Waals surface area contributed by atoms with Crippen molar-refractivity contribution in [1.29, 1.82) is 0 Å². The van der Waals surface area contributed by atoms with Gasteiger partial charge < -0.3 is 0 Å². The molecule has 0 N–H and O–H groups in total. The van der Waals surface area contributed by atoms with E-state index < -0.39 is 0 Å². The van der Waals surface area contributed by atoms with Gasteiger partial charge in [-0.3, -0.25) is 9.97 Å². The van der Waals surface area contributed by atoms with E-state index in [0.717, 1.165) is 17.6 Å². The smallest absolute Gasteiger partial charge is 0.0702 e. The second-order valence-corrected chi connectivity index (χ2v) is 4.26. The van der Waals surface area contributed by atoms with E-state index in [-0.39, 0.29) is 0 Å². The Bertz CT molecular complexity index is 689. The summed E-state index contributed by atoms with van der Waals surface area (Å²) in [6.07, 6.45) is 4.62. The number of aromatic nitrogens is 2. The van der Waals surface area contributed by atoms with Crippen LogP contribution in [0.1, 0.15) is 12.6 Å². The third kappa shape index (κ3) is 1.86. The molecule has 88 valence electrons. The Labute approximate surface area is 106 Å². The molecule has 0 fully saturated rings. The lowest BCUT2D eigenvalue weighted by Crippen LogP contribution is -1.91. The van der Waals surface area contributed by atoms with Crippen LogP contribution in [0.15, 0.2) is 54.9 Å². The predicted molar refractivity (Wildman–Crippen MR) is 74.4 cm³/mol. The second-order valence-electron chi connectivity index (χ2n) is 4.26. The molecule has 0 aliphatic carbocycles. The Kier molecular flexibility index (Phi) is 2.77. The van der Waals surface area contributed by atoms with Gasteiger partial charge in [0.1, 0.15) is 0 Å². The topological polar surface area (TPSA) is 25.8 Å². The van der Waals surface area contributed by atoms with E-state index in [1.807, 2.05) is 24.5 Å². The Hall–Kier alpha value is -2.22. The van der Waals surface area contributed by atoms with Crippen molar-refractivity contribution in [2.45, 2.75) is 13.3 Å². The quantitative estimate of drug-likeness (QED) is 0.673. The van der Waals surface area contributed by atoms with E-state index >= 15 is 0 Å². The highest BCUT2D eigenvalue weighted by Gasteiger charge is 2.05. The third-order valence-electron chi connectivity index (χ3n) is 3.14. The average Bonchev–Trinajstić information content (AvgIpc) is 2.46. The van der Waals surface area contributed by atoms with Crippen molar-refractivity contribution in [3.63, 3.8) is 0 Å². The van der Waals surface area contributed by atoms with Gasteiger partial charge in [0.25, 0.3) is 0 Å². The van der Waals surface area contributed by atoms with Crippen LogP contribution in [0.4, 0.5) is 0 Å². The monoisotopic (exact) mass is 234 g/mol. The van der Waals surface area contributed by atoms with Crippen LogP contribution in [-0.4, -0.2) is 9.97 Å². The SMILES string of the molecule is CCc1ncccc1-c1ccc2ncccc2c1. The summed E-state index contributed by atoms with van der Waals surface area (Å²) in [6.45, 7) is 2.13. The molecule has 0 radical (unpaired) electrons. The number of benzene rings is 1. The van der Waals surface area contributed by atoms with Gasteiger partial charge in [-0.25, -0.2) is 0 Å². The molecule has 0 spiro atoms. The Morgan fingerprint density at radius 2 is 1.78 bits per heavy atom. The summed E-state index contributed by atoms with van der Waals surface area (Å²) < 4.78 is 0. The summed E-state index contributed by atoms with van der Waals surface area (Å²) in [7, 11) is 0. The highest BCUT2D eigenvalue weighted by atomic mass is 14.7. The maximum Gasteiger partial charge on any atom is 0.0702 e. The average molecular weight is 234 g/mol. The van der Waals surface area contributed by atoms with Crippen molar-refractivity contribution in [2.75, 3.05) is 0 Å². The lowest BCUT2D eigenvalue weighted by Gasteiger charge is -2.07. The van der Waals surface area contributed by atoms with E-state index in [1.54, 1.807) is 0 Å². The first-order valence-corrected chi connectivity index (χ1v) is 6.17. The number of hydrogen-bond acceptors (Lipinski definition) is 2. The molecule has 18 heavy (non-hydrogen) atoms. The molecule has 2 aromatic heterocycles. The highest BCUT2D eigenvalue weighted by molar-refractivity contribution is 5.84. The minimum atomic E-state index is 0.946. The molecule has 2 heterocycles. The van der Waals surface area contributed by atoms with E-state index in [1.165, 1.54) is 16.5 Å². The largest absolute Gasteiger partial charge is 0.261 e. The van der Waals surface area contributed by atoms with Gasteiger partial charge in [0.15, 0.2) is 0 Å². The summed E-state index contributed by atoms with van der Waals surface area (Å²) >= 11 is 0. The molecule has 0 bridgehead atoms. The molecule has 0 unspecified atom stereocenters. The number of fused-ring (bicyclic) bond motifs is 1. The molecule has 3 rings (SSSR count). The van der Waals surface area contributed by atoms with Crippen molar-refractivity contribution in [2.24, 2.45) is 0 Å². The maximum absolute atomic E-state index is 4.44. The minimum absolute atomic E-state index is 0.946. The molecule has 0 aliphatic rings. The van der Waals surface area contributed by atoms with Gasteiger partial charge in [-0.2, -0.15) is 0 Å². The molecule has 2 nitrogen and oxygen atoms in total. The van der Waals surface area contributed by atoms with Crippen LogP contribution in [0.5, 0.6) is 0 Å².